The second-order valence-electron chi connectivity index (χ2n) is 4.22. The van der Waals surface area contributed by atoms with Crippen molar-refractivity contribution >= 4 is 14.3 Å². The summed E-state index contributed by atoms with van der Waals surface area (Å²) in [4.78, 5) is 0. The van der Waals surface area contributed by atoms with E-state index >= 15 is 0 Å². The monoisotopic (exact) mass is 212 g/mol. The van der Waals surface area contributed by atoms with E-state index in [0.717, 1.165) is 8.19 Å². The zero-order valence-corrected chi connectivity index (χ0v) is 9.70. The Kier molecular flexibility index (Phi) is 1.87. The molecule has 0 amide bonds. The Bertz CT molecular complexity index is 508. The third kappa shape index (κ3) is 1.22. The summed E-state index contributed by atoms with van der Waals surface area (Å²) in [5.74, 6) is 4.61. The van der Waals surface area contributed by atoms with Crippen LogP contribution in [0.25, 0.3) is 6.08 Å². The van der Waals surface area contributed by atoms with Gasteiger partial charge in [0.25, 0.3) is 0 Å². The van der Waals surface area contributed by atoms with Gasteiger partial charge in [0, 0.05) is 5.41 Å². The molecule has 2 unspecified atom stereocenters. The molecule has 0 spiro atoms. The molecule has 2 aromatic rings. The van der Waals surface area contributed by atoms with Gasteiger partial charge in [0.1, 0.15) is 0 Å². The van der Waals surface area contributed by atoms with Crippen LogP contribution in [0.15, 0.2) is 48.0 Å². The van der Waals surface area contributed by atoms with Gasteiger partial charge in [0.2, 0.25) is 0 Å². The number of hydrogen-bond donors (Lipinski definition) is 0. The van der Waals surface area contributed by atoms with Gasteiger partial charge in [0.05, 0.1) is 0 Å². The van der Waals surface area contributed by atoms with Crippen molar-refractivity contribution in [3.63, 3.8) is 0 Å². The Balaban J connectivity index is 2.21. The summed E-state index contributed by atoms with van der Waals surface area (Å²) >= 11 is 0. The Morgan fingerprint density at radius 2 is 2.00 bits per heavy atom. The Labute approximate surface area is 91.7 Å². The van der Waals surface area contributed by atoms with Crippen molar-refractivity contribution in [1.82, 2.24) is 0 Å². The molecule has 1 heteroatoms. The first-order chi connectivity index (χ1) is 7.31. The van der Waals surface area contributed by atoms with Crippen LogP contribution in [0.1, 0.15) is 23.6 Å². The van der Waals surface area contributed by atoms with Gasteiger partial charge in [-0.3, -0.25) is 0 Å². The van der Waals surface area contributed by atoms with Crippen LogP contribution in [0.3, 0.4) is 0 Å². The van der Waals surface area contributed by atoms with Crippen LogP contribution in [0.4, 0.5) is 0 Å². The highest BCUT2D eigenvalue weighted by Crippen LogP contribution is 2.42. The molecule has 15 heavy (non-hydrogen) atoms. The lowest BCUT2D eigenvalue weighted by molar-refractivity contribution is 0.742. The van der Waals surface area contributed by atoms with Crippen molar-refractivity contribution in [2.45, 2.75) is 12.3 Å². The van der Waals surface area contributed by atoms with Crippen LogP contribution in [0.5, 0.6) is 0 Å². The van der Waals surface area contributed by atoms with Crippen molar-refractivity contribution in [1.29, 1.82) is 0 Å². The molecule has 1 aliphatic rings. The molecular formula is C14H13P. The van der Waals surface area contributed by atoms with Crippen molar-refractivity contribution in [2.75, 3.05) is 0 Å². The normalized spacial score (nSPS) is 23.5. The molecule has 0 nitrogen and oxygen atoms in total. The molecule has 1 aromatic carbocycles. The Morgan fingerprint density at radius 1 is 1.13 bits per heavy atom. The van der Waals surface area contributed by atoms with Gasteiger partial charge in [0.15, 0.2) is 0 Å². The zero-order chi connectivity index (χ0) is 10.3. The van der Waals surface area contributed by atoms with Crippen molar-refractivity contribution in [3.8, 4) is 0 Å². The fourth-order valence-corrected chi connectivity index (χ4v) is 3.31. The molecular weight excluding hydrogens is 199 g/mol. The van der Waals surface area contributed by atoms with E-state index in [1.54, 1.807) is 0 Å². The molecule has 1 aliphatic carbocycles. The van der Waals surface area contributed by atoms with E-state index in [9.17, 15) is 0 Å². The maximum absolute atomic E-state index is 2.35. The van der Waals surface area contributed by atoms with Crippen LogP contribution in [0, 0.1) is 0 Å². The first kappa shape index (κ1) is 9.00. The van der Waals surface area contributed by atoms with Gasteiger partial charge in [-0.15, -0.1) is 8.19 Å². The smallest absolute Gasteiger partial charge is 0.0366 e. The highest BCUT2D eigenvalue weighted by Gasteiger charge is 2.31. The molecule has 1 heterocycles. The second kappa shape index (κ2) is 3.12. The van der Waals surface area contributed by atoms with Gasteiger partial charge in [-0.05, 0) is 35.2 Å². The van der Waals surface area contributed by atoms with E-state index in [-0.39, 0.29) is 5.41 Å². The minimum atomic E-state index is 0.108. The summed E-state index contributed by atoms with van der Waals surface area (Å²) in [6, 6.07) is 10.9. The van der Waals surface area contributed by atoms with Crippen LogP contribution < -0.4 is 0 Å². The molecule has 74 valence electrons. The second-order valence-corrected chi connectivity index (χ2v) is 5.18. The standard InChI is InChI=1S/C14H13P/c1-14(12-7-9-15-10-12)8-6-11-4-2-3-5-13(11)14/h2-10,15H,1H3. The van der Waals surface area contributed by atoms with Crippen LogP contribution in [-0.4, -0.2) is 0 Å². The van der Waals surface area contributed by atoms with Gasteiger partial charge in [-0.1, -0.05) is 42.5 Å². The maximum atomic E-state index is 2.35. The fraction of sp³-hybridized carbons (Fsp3) is 0.143. The highest BCUT2D eigenvalue weighted by atomic mass is 31.0. The average molecular weight is 212 g/mol. The van der Waals surface area contributed by atoms with E-state index < -0.39 is 0 Å². The minimum Gasteiger partial charge on any atom is -0.140 e. The van der Waals surface area contributed by atoms with Crippen molar-refractivity contribution < 1.29 is 0 Å². The van der Waals surface area contributed by atoms with E-state index in [1.165, 1.54) is 16.7 Å². The number of benzene rings is 1. The lowest BCUT2D eigenvalue weighted by Crippen LogP contribution is -2.17. The first-order valence-electron chi connectivity index (χ1n) is 5.23. The lowest BCUT2D eigenvalue weighted by Gasteiger charge is -2.23. The minimum absolute atomic E-state index is 0.108. The largest absolute Gasteiger partial charge is 0.140 e. The highest BCUT2D eigenvalue weighted by molar-refractivity contribution is 7.28. The third-order valence-corrected chi connectivity index (χ3v) is 4.15. The topological polar surface area (TPSA) is 0 Å². The average Bonchev–Trinajstić information content (AvgIpc) is 2.88. The van der Waals surface area contributed by atoms with Gasteiger partial charge >= 0.3 is 0 Å². The van der Waals surface area contributed by atoms with E-state index in [2.05, 4.69) is 61.0 Å². The SMILES string of the molecule is CC1(c2cc[pH]c2)C=Cc2ccccc21. The number of rotatable bonds is 1. The zero-order valence-electron chi connectivity index (χ0n) is 8.70. The molecule has 2 atom stereocenters. The van der Waals surface area contributed by atoms with E-state index in [1.807, 2.05) is 0 Å². The first-order valence-corrected chi connectivity index (χ1v) is 6.38. The number of fused-ring (bicyclic) bond motifs is 1. The predicted octanol–water partition coefficient (Wildman–Crippen LogP) is 4.05. The van der Waals surface area contributed by atoms with Crippen molar-refractivity contribution in [2.24, 2.45) is 0 Å². The molecule has 0 saturated heterocycles. The Morgan fingerprint density at radius 3 is 2.80 bits per heavy atom. The summed E-state index contributed by atoms with van der Waals surface area (Å²) in [5, 5.41) is 0. The van der Waals surface area contributed by atoms with Crippen molar-refractivity contribution in [3.05, 3.63) is 64.7 Å². The molecule has 0 saturated carbocycles. The number of hydrogen-bond acceptors (Lipinski definition) is 0. The lowest BCUT2D eigenvalue weighted by atomic mass is 9.80. The van der Waals surface area contributed by atoms with E-state index in [4.69, 9.17) is 0 Å². The quantitative estimate of drug-likeness (QED) is 0.669. The molecule has 0 aliphatic heterocycles. The van der Waals surface area contributed by atoms with Crippen LogP contribution >= 0.6 is 8.19 Å². The molecule has 3 rings (SSSR count). The molecule has 0 bridgehead atoms. The third-order valence-electron chi connectivity index (χ3n) is 3.31. The molecule has 0 radical (unpaired) electrons. The summed E-state index contributed by atoms with van der Waals surface area (Å²) in [7, 11) is 0.857. The number of allylic oxidation sites excluding steroid dienone is 1. The summed E-state index contributed by atoms with van der Waals surface area (Å²) < 4.78 is 0. The summed E-state index contributed by atoms with van der Waals surface area (Å²) in [6.07, 6.45) is 4.56. The predicted molar refractivity (Wildman–Crippen MR) is 67.9 cm³/mol. The Hall–Kier alpha value is -1.26. The molecule has 0 N–H and O–H groups in total. The van der Waals surface area contributed by atoms with Crippen LogP contribution in [-0.2, 0) is 5.41 Å². The molecule has 0 fully saturated rings. The fourth-order valence-electron chi connectivity index (χ4n) is 2.36. The van der Waals surface area contributed by atoms with Gasteiger partial charge < -0.3 is 0 Å². The van der Waals surface area contributed by atoms with Gasteiger partial charge in [-0.25, -0.2) is 0 Å². The molecule has 1 aromatic heterocycles. The summed E-state index contributed by atoms with van der Waals surface area (Å²) in [6.45, 7) is 2.31. The summed E-state index contributed by atoms with van der Waals surface area (Å²) in [5.41, 5.74) is 4.36. The van der Waals surface area contributed by atoms with Crippen LogP contribution in [0.2, 0.25) is 0 Å². The van der Waals surface area contributed by atoms with E-state index in [0.29, 0.717) is 0 Å². The van der Waals surface area contributed by atoms with Gasteiger partial charge in [-0.2, -0.15) is 0 Å². The maximum Gasteiger partial charge on any atom is 0.0366 e.